The summed E-state index contributed by atoms with van der Waals surface area (Å²) in [6, 6.07) is 10.5. The highest BCUT2D eigenvalue weighted by molar-refractivity contribution is 6.04. The first kappa shape index (κ1) is 17.2. The molecule has 1 aliphatic heterocycles. The lowest BCUT2D eigenvalue weighted by atomic mass is 10.1. The fraction of sp³-hybridized carbons (Fsp3) is 0.368. The lowest BCUT2D eigenvalue weighted by Crippen LogP contribution is -2.25. The highest BCUT2D eigenvalue weighted by Crippen LogP contribution is 2.19. The van der Waals surface area contributed by atoms with Crippen LogP contribution < -0.4 is 14.8 Å². The molecule has 6 heteroatoms. The second kappa shape index (κ2) is 8.48. The van der Waals surface area contributed by atoms with Crippen LogP contribution in [0.1, 0.15) is 29.6 Å². The third-order valence-electron chi connectivity index (χ3n) is 4.03. The van der Waals surface area contributed by atoms with E-state index in [-0.39, 0.29) is 12.0 Å². The average molecular weight is 342 g/mol. The van der Waals surface area contributed by atoms with E-state index in [1.54, 1.807) is 12.1 Å². The number of nitrogens with zero attached hydrogens (tertiary/aromatic N) is 1. The lowest BCUT2D eigenvalue weighted by molar-refractivity contribution is -0.0110. The predicted octanol–water partition coefficient (Wildman–Crippen LogP) is 3.29. The number of anilines is 1. The van der Waals surface area contributed by atoms with Crippen LogP contribution in [0.3, 0.4) is 0 Å². The highest BCUT2D eigenvalue weighted by atomic mass is 16.5. The van der Waals surface area contributed by atoms with Crippen molar-refractivity contribution in [1.82, 2.24) is 4.98 Å². The van der Waals surface area contributed by atoms with Crippen molar-refractivity contribution < 1.29 is 19.0 Å². The van der Waals surface area contributed by atoms with Crippen molar-refractivity contribution in [3.63, 3.8) is 0 Å². The van der Waals surface area contributed by atoms with E-state index < -0.39 is 0 Å². The number of carbonyl (C=O) groups is 1. The van der Waals surface area contributed by atoms with Crippen LogP contribution >= 0.6 is 0 Å². The number of rotatable bonds is 6. The molecule has 1 amide bonds. The number of nitrogens with one attached hydrogen (secondary N) is 1. The van der Waals surface area contributed by atoms with E-state index in [0.29, 0.717) is 23.7 Å². The van der Waals surface area contributed by atoms with Crippen molar-refractivity contribution in [1.29, 1.82) is 0 Å². The van der Waals surface area contributed by atoms with Crippen LogP contribution in [0.4, 0.5) is 5.69 Å². The molecule has 1 aliphatic rings. The number of methoxy groups -OCH3 is 1. The van der Waals surface area contributed by atoms with E-state index in [9.17, 15) is 4.79 Å². The second-order valence-corrected chi connectivity index (χ2v) is 5.86. The van der Waals surface area contributed by atoms with Gasteiger partial charge in [-0.3, -0.25) is 4.79 Å². The minimum Gasteiger partial charge on any atom is -0.491 e. The molecule has 25 heavy (non-hydrogen) atoms. The summed E-state index contributed by atoms with van der Waals surface area (Å²) in [7, 11) is 1.51. The SMILES string of the molecule is COc1cc(C(=O)Nc2ccc(OCC3CCCCO3)cc2)ccn1. The van der Waals surface area contributed by atoms with Crippen LogP contribution in [0.15, 0.2) is 42.6 Å². The minimum absolute atomic E-state index is 0.176. The van der Waals surface area contributed by atoms with Crippen molar-refractivity contribution in [2.75, 3.05) is 25.6 Å². The number of pyridine rings is 1. The summed E-state index contributed by atoms with van der Waals surface area (Å²) in [6.45, 7) is 1.38. The molecule has 1 unspecified atom stereocenters. The molecule has 0 aliphatic carbocycles. The molecule has 1 N–H and O–H groups in total. The maximum absolute atomic E-state index is 12.3. The van der Waals surface area contributed by atoms with Crippen molar-refractivity contribution in [3.8, 4) is 11.6 Å². The Labute approximate surface area is 147 Å². The topological polar surface area (TPSA) is 69.7 Å². The van der Waals surface area contributed by atoms with Gasteiger partial charge in [0, 0.05) is 30.1 Å². The molecule has 1 atom stereocenters. The maximum Gasteiger partial charge on any atom is 0.255 e. The predicted molar refractivity (Wildman–Crippen MR) is 94.3 cm³/mol. The third-order valence-corrected chi connectivity index (χ3v) is 4.03. The summed E-state index contributed by atoms with van der Waals surface area (Å²) in [6.07, 6.45) is 5.09. The quantitative estimate of drug-likeness (QED) is 0.872. The molecule has 2 aromatic rings. The average Bonchev–Trinajstić information content (AvgIpc) is 2.68. The molecule has 0 spiro atoms. The van der Waals surface area contributed by atoms with Gasteiger partial charge in [0.2, 0.25) is 5.88 Å². The zero-order chi connectivity index (χ0) is 17.5. The van der Waals surface area contributed by atoms with Crippen molar-refractivity contribution in [2.45, 2.75) is 25.4 Å². The molecule has 1 fully saturated rings. The number of ether oxygens (including phenoxy) is 3. The molecular weight excluding hydrogens is 320 g/mol. The van der Waals surface area contributed by atoms with Crippen LogP contribution in [0.25, 0.3) is 0 Å². The van der Waals surface area contributed by atoms with E-state index in [0.717, 1.165) is 25.2 Å². The molecule has 0 radical (unpaired) electrons. The van der Waals surface area contributed by atoms with Gasteiger partial charge in [-0.1, -0.05) is 0 Å². The molecule has 2 heterocycles. The Balaban J connectivity index is 1.53. The summed E-state index contributed by atoms with van der Waals surface area (Å²) < 4.78 is 16.4. The van der Waals surface area contributed by atoms with E-state index in [1.807, 2.05) is 24.3 Å². The Hall–Kier alpha value is -2.60. The summed E-state index contributed by atoms with van der Waals surface area (Å²) in [5, 5.41) is 2.84. The standard InChI is InChI=1S/C19H22N2O4/c1-23-18-12-14(9-10-20-18)19(22)21-15-5-7-16(8-6-15)25-13-17-4-2-3-11-24-17/h5-10,12,17H,2-4,11,13H2,1H3,(H,21,22). The summed E-state index contributed by atoms with van der Waals surface area (Å²) in [5.41, 5.74) is 1.18. The molecule has 3 rings (SSSR count). The zero-order valence-corrected chi connectivity index (χ0v) is 14.2. The van der Waals surface area contributed by atoms with Gasteiger partial charge in [-0.05, 0) is 49.6 Å². The second-order valence-electron chi connectivity index (χ2n) is 5.86. The zero-order valence-electron chi connectivity index (χ0n) is 14.2. The van der Waals surface area contributed by atoms with Gasteiger partial charge in [-0.2, -0.15) is 0 Å². The first-order chi connectivity index (χ1) is 12.2. The Morgan fingerprint density at radius 3 is 2.84 bits per heavy atom. The third kappa shape index (κ3) is 4.93. The molecule has 6 nitrogen and oxygen atoms in total. The minimum atomic E-state index is -0.218. The number of hydrogen-bond acceptors (Lipinski definition) is 5. The van der Waals surface area contributed by atoms with E-state index in [1.165, 1.54) is 19.7 Å². The lowest BCUT2D eigenvalue weighted by Gasteiger charge is -2.22. The van der Waals surface area contributed by atoms with Gasteiger partial charge in [-0.15, -0.1) is 0 Å². The number of carbonyl (C=O) groups excluding carboxylic acids is 1. The molecule has 132 valence electrons. The maximum atomic E-state index is 12.3. The van der Waals surface area contributed by atoms with Gasteiger partial charge in [-0.25, -0.2) is 4.98 Å². The van der Waals surface area contributed by atoms with E-state index in [4.69, 9.17) is 14.2 Å². The van der Waals surface area contributed by atoms with Gasteiger partial charge in [0.1, 0.15) is 12.4 Å². The van der Waals surface area contributed by atoms with Crippen LogP contribution in [0, 0.1) is 0 Å². The van der Waals surface area contributed by atoms with Crippen LogP contribution in [-0.2, 0) is 4.74 Å². The fourth-order valence-corrected chi connectivity index (χ4v) is 2.63. The Kier molecular flexibility index (Phi) is 5.85. The van der Waals surface area contributed by atoms with Crippen molar-refractivity contribution in [3.05, 3.63) is 48.2 Å². The molecule has 0 bridgehead atoms. The molecule has 1 saturated heterocycles. The highest BCUT2D eigenvalue weighted by Gasteiger charge is 2.14. The summed E-state index contributed by atoms with van der Waals surface area (Å²) >= 11 is 0. The van der Waals surface area contributed by atoms with Crippen LogP contribution in [0.5, 0.6) is 11.6 Å². The Morgan fingerprint density at radius 2 is 2.12 bits per heavy atom. The number of hydrogen-bond donors (Lipinski definition) is 1. The van der Waals surface area contributed by atoms with Crippen LogP contribution in [0.2, 0.25) is 0 Å². The van der Waals surface area contributed by atoms with Gasteiger partial charge in [0.15, 0.2) is 0 Å². The number of aromatic nitrogens is 1. The van der Waals surface area contributed by atoms with Gasteiger partial charge < -0.3 is 19.5 Å². The van der Waals surface area contributed by atoms with Gasteiger partial charge >= 0.3 is 0 Å². The van der Waals surface area contributed by atoms with Crippen molar-refractivity contribution in [2.24, 2.45) is 0 Å². The fourth-order valence-electron chi connectivity index (χ4n) is 2.63. The molecule has 0 saturated carbocycles. The smallest absolute Gasteiger partial charge is 0.255 e. The number of benzene rings is 1. The first-order valence-electron chi connectivity index (χ1n) is 8.40. The molecule has 1 aromatic heterocycles. The molecule has 1 aromatic carbocycles. The summed E-state index contributed by atoms with van der Waals surface area (Å²) in [4.78, 5) is 16.2. The van der Waals surface area contributed by atoms with E-state index in [2.05, 4.69) is 10.3 Å². The van der Waals surface area contributed by atoms with E-state index >= 15 is 0 Å². The Morgan fingerprint density at radius 1 is 1.28 bits per heavy atom. The monoisotopic (exact) mass is 342 g/mol. The van der Waals surface area contributed by atoms with Gasteiger partial charge in [0.05, 0.1) is 13.2 Å². The Bertz CT molecular complexity index is 697. The first-order valence-corrected chi connectivity index (χ1v) is 8.40. The molecular formula is C19H22N2O4. The van der Waals surface area contributed by atoms with Gasteiger partial charge in [0.25, 0.3) is 5.91 Å². The van der Waals surface area contributed by atoms with Crippen molar-refractivity contribution >= 4 is 11.6 Å². The summed E-state index contributed by atoms with van der Waals surface area (Å²) in [5.74, 6) is 0.948. The largest absolute Gasteiger partial charge is 0.491 e. The van der Waals surface area contributed by atoms with Crippen LogP contribution in [-0.4, -0.2) is 37.3 Å². The number of amides is 1. The normalized spacial score (nSPS) is 16.9.